The molecule has 1 atom stereocenters. The molecule has 0 unspecified atom stereocenters. The van der Waals surface area contributed by atoms with E-state index in [0.717, 1.165) is 44.8 Å². The molecule has 0 N–H and O–H groups in total. The topological polar surface area (TPSA) is 72.9 Å². The van der Waals surface area contributed by atoms with Gasteiger partial charge in [-0.15, -0.1) is 6.42 Å². The van der Waals surface area contributed by atoms with Crippen LogP contribution in [0.4, 0.5) is 4.79 Å². The summed E-state index contributed by atoms with van der Waals surface area (Å²) in [5.41, 5.74) is 0.582. The Kier molecular flexibility index (Phi) is 15.3. The summed E-state index contributed by atoms with van der Waals surface area (Å²) in [5, 5.41) is 0. The van der Waals surface area contributed by atoms with Crippen LogP contribution in [0.1, 0.15) is 32.4 Å². The zero-order chi connectivity index (χ0) is 27.6. The molecule has 1 saturated heterocycles. The van der Waals surface area contributed by atoms with Gasteiger partial charge in [-0.2, -0.15) is 0 Å². The van der Waals surface area contributed by atoms with Crippen LogP contribution in [0.3, 0.4) is 0 Å². The van der Waals surface area contributed by atoms with Gasteiger partial charge >= 0.3 is 6.09 Å². The average molecular weight is 534 g/mol. The van der Waals surface area contributed by atoms with E-state index in [-0.39, 0.29) is 12.1 Å². The average Bonchev–Trinajstić information content (AvgIpc) is 2.90. The number of likely N-dealkylation sites (N-methyl/N-ethyl adjacent to an activating group) is 1. The monoisotopic (exact) mass is 533 g/mol. The van der Waals surface area contributed by atoms with Crippen molar-refractivity contribution in [2.75, 3.05) is 99.2 Å². The zero-order valence-corrected chi connectivity index (χ0v) is 23.7. The van der Waals surface area contributed by atoms with E-state index >= 15 is 0 Å². The van der Waals surface area contributed by atoms with Gasteiger partial charge < -0.3 is 28.6 Å². The van der Waals surface area contributed by atoms with Crippen molar-refractivity contribution in [1.29, 1.82) is 0 Å². The Labute approximate surface area is 229 Å². The maximum Gasteiger partial charge on any atom is 0.410 e. The number of hydrogen-bond donors (Lipinski definition) is 0. The predicted octanol–water partition coefficient (Wildman–Crippen LogP) is 2.91. The molecule has 214 valence electrons. The molecule has 38 heavy (non-hydrogen) atoms. The number of piperazine rings is 1. The summed E-state index contributed by atoms with van der Waals surface area (Å²) in [7, 11) is 1.83. The van der Waals surface area contributed by atoms with Crippen LogP contribution in [-0.2, 0) is 23.7 Å². The standard InChI is InChI=1S/C29H47N3O6/c1-6-17-34-19-21-36-23-24-37-22-20-35-18-16-31-12-14-32(15-13-31)25-27(26-10-8-7-9-11-26)30(5)28(33)38-29(2,3)4/h1,7-11,27H,12-25H2,2-5H3/t27-/m0/s1. The number of terminal acetylenes is 1. The van der Waals surface area contributed by atoms with E-state index in [1.54, 1.807) is 4.90 Å². The van der Waals surface area contributed by atoms with Gasteiger partial charge in [-0.25, -0.2) is 4.79 Å². The molecule has 1 heterocycles. The Hall–Kier alpha value is -2.19. The van der Waals surface area contributed by atoms with E-state index in [9.17, 15) is 4.79 Å². The largest absolute Gasteiger partial charge is 0.444 e. The third kappa shape index (κ3) is 13.6. The molecule has 0 spiro atoms. The highest BCUT2D eigenvalue weighted by molar-refractivity contribution is 5.68. The minimum absolute atomic E-state index is 0.0758. The second-order valence-corrected chi connectivity index (χ2v) is 10.3. The van der Waals surface area contributed by atoms with Gasteiger partial charge in [0.15, 0.2) is 0 Å². The number of carbonyl (C=O) groups is 1. The van der Waals surface area contributed by atoms with Gasteiger partial charge in [-0.3, -0.25) is 9.80 Å². The molecule has 1 amide bonds. The number of carbonyl (C=O) groups excluding carboxylic acids is 1. The molecule has 2 rings (SSSR count). The number of hydrogen-bond acceptors (Lipinski definition) is 8. The second-order valence-electron chi connectivity index (χ2n) is 10.3. The highest BCUT2D eigenvalue weighted by Gasteiger charge is 2.29. The zero-order valence-electron chi connectivity index (χ0n) is 23.7. The first-order chi connectivity index (χ1) is 18.3. The lowest BCUT2D eigenvalue weighted by Crippen LogP contribution is -2.50. The molecular weight excluding hydrogens is 486 g/mol. The molecule has 0 radical (unpaired) electrons. The van der Waals surface area contributed by atoms with E-state index in [1.807, 2.05) is 46.0 Å². The second kappa shape index (κ2) is 18.2. The smallest absolute Gasteiger partial charge is 0.410 e. The van der Waals surface area contributed by atoms with Crippen LogP contribution < -0.4 is 0 Å². The Bertz CT molecular complexity index is 803. The van der Waals surface area contributed by atoms with Crippen LogP contribution in [0.2, 0.25) is 0 Å². The van der Waals surface area contributed by atoms with Crippen molar-refractivity contribution in [2.24, 2.45) is 0 Å². The number of ether oxygens (including phenoxy) is 5. The molecule has 1 aliphatic rings. The molecule has 1 aromatic rings. The molecule has 0 aliphatic carbocycles. The number of benzene rings is 1. The highest BCUT2D eigenvalue weighted by Crippen LogP contribution is 2.23. The first-order valence-electron chi connectivity index (χ1n) is 13.5. The summed E-state index contributed by atoms with van der Waals surface area (Å²) in [4.78, 5) is 19.4. The van der Waals surface area contributed by atoms with Crippen LogP contribution in [0.5, 0.6) is 0 Å². The Morgan fingerprint density at radius 2 is 1.42 bits per heavy atom. The lowest BCUT2D eigenvalue weighted by molar-refractivity contribution is -0.00340. The first-order valence-corrected chi connectivity index (χ1v) is 13.5. The summed E-state index contributed by atoms with van der Waals surface area (Å²) >= 11 is 0. The van der Waals surface area contributed by atoms with Gasteiger partial charge in [0.2, 0.25) is 0 Å². The maximum atomic E-state index is 12.8. The Morgan fingerprint density at radius 3 is 1.97 bits per heavy atom. The SMILES string of the molecule is C#CCOCCOCCOCCOCCN1CCN(C[C@@H](c2ccccc2)N(C)C(=O)OC(C)(C)C)CC1. The van der Waals surface area contributed by atoms with Crippen molar-refractivity contribution < 1.29 is 28.5 Å². The number of nitrogens with zero attached hydrogens (tertiary/aromatic N) is 3. The fraction of sp³-hybridized carbons (Fsp3) is 0.690. The summed E-state index contributed by atoms with van der Waals surface area (Å²) in [6, 6.07) is 10.1. The summed E-state index contributed by atoms with van der Waals surface area (Å²) in [5.74, 6) is 2.41. The quantitative estimate of drug-likeness (QED) is 0.224. The Morgan fingerprint density at radius 1 is 0.895 bits per heavy atom. The molecule has 1 fully saturated rings. The molecule has 1 aliphatic heterocycles. The minimum atomic E-state index is -0.529. The van der Waals surface area contributed by atoms with Gasteiger partial charge in [0, 0.05) is 46.3 Å². The van der Waals surface area contributed by atoms with Crippen LogP contribution in [0.25, 0.3) is 0 Å². The third-order valence-corrected chi connectivity index (χ3v) is 6.08. The van der Waals surface area contributed by atoms with Crippen LogP contribution in [0, 0.1) is 12.3 Å². The van der Waals surface area contributed by atoms with E-state index in [1.165, 1.54) is 0 Å². The van der Waals surface area contributed by atoms with Crippen molar-refractivity contribution >= 4 is 6.09 Å². The van der Waals surface area contributed by atoms with Crippen molar-refractivity contribution in [3.8, 4) is 12.3 Å². The third-order valence-electron chi connectivity index (χ3n) is 6.08. The maximum absolute atomic E-state index is 12.8. The van der Waals surface area contributed by atoms with Crippen LogP contribution >= 0.6 is 0 Å². The molecular formula is C29H47N3O6. The fourth-order valence-electron chi connectivity index (χ4n) is 4.01. The van der Waals surface area contributed by atoms with Crippen molar-refractivity contribution in [3.05, 3.63) is 35.9 Å². The molecule has 0 bridgehead atoms. The molecule has 1 aromatic carbocycles. The van der Waals surface area contributed by atoms with Gasteiger partial charge in [0.25, 0.3) is 0 Å². The van der Waals surface area contributed by atoms with Crippen molar-refractivity contribution in [1.82, 2.24) is 14.7 Å². The summed E-state index contributed by atoms with van der Waals surface area (Å²) in [6.07, 6.45) is 4.80. The number of rotatable bonds is 17. The first kappa shape index (κ1) is 32.0. The van der Waals surface area contributed by atoms with Crippen molar-refractivity contribution in [2.45, 2.75) is 32.4 Å². The molecule has 0 aromatic heterocycles. The minimum Gasteiger partial charge on any atom is -0.444 e. The van der Waals surface area contributed by atoms with E-state index < -0.39 is 5.60 Å². The van der Waals surface area contributed by atoms with Gasteiger partial charge in [0.05, 0.1) is 52.3 Å². The normalized spacial score (nSPS) is 15.7. The number of amides is 1. The van der Waals surface area contributed by atoms with E-state index in [2.05, 4.69) is 27.9 Å². The molecule has 0 saturated carbocycles. The lowest BCUT2D eigenvalue weighted by Gasteiger charge is -2.39. The van der Waals surface area contributed by atoms with E-state index in [4.69, 9.17) is 30.1 Å². The molecule has 9 nitrogen and oxygen atoms in total. The van der Waals surface area contributed by atoms with Crippen molar-refractivity contribution in [3.63, 3.8) is 0 Å². The highest BCUT2D eigenvalue weighted by atomic mass is 16.6. The fourth-order valence-corrected chi connectivity index (χ4v) is 4.01. The Balaban J connectivity index is 1.62. The summed E-state index contributed by atoms with van der Waals surface area (Å²) in [6.45, 7) is 15.4. The van der Waals surface area contributed by atoms with Gasteiger partial charge in [0.1, 0.15) is 12.2 Å². The summed E-state index contributed by atoms with van der Waals surface area (Å²) < 4.78 is 27.4. The van der Waals surface area contributed by atoms with Gasteiger partial charge in [-0.05, 0) is 26.3 Å². The van der Waals surface area contributed by atoms with Crippen LogP contribution in [0.15, 0.2) is 30.3 Å². The van der Waals surface area contributed by atoms with Crippen LogP contribution in [-0.4, -0.2) is 126 Å². The molecule has 9 heteroatoms. The van der Waals surface area contributed by atoms with E-state index in [0.29, 0.717) is 52.9 Å². The predicted molar refractivity (Wildman–Crippen MR) is 148 cm³/mol. The lowest BCUT2D eigenvalue weighted by atomic mass is 10.0. The van der Waals surface area contributed by atoms with Gasteiger partial charge in [-0.1, -0.05) is 36.3 Å².